The molecule has 1 amide bonds. The molecule has 0 aromatic carbocycles. The molecule has 0 bridgehead atoms. The number of nitrogens with zero attached hydrogens (tertiary/aromatic N) is 3. The van der Waals surface area contributed by atoms with Crippen LogP contribution in [0.1, 0.15) is 6.42 Å². The molecule has 0 saturated carbocycles. The molecule has 0 atom stereocenters. The summed E-state index contributed by atoms with van der Waals surface area (Å²) < 4.78 is 6.94. The number of amides is 1. The van der Waals surface area contributed by atoms with E-state index in [0.717, 1.165) is 32.8 Å². The summed E-state index contributed by atoms with van der Waals surface area (Å²) >= 11 is 5.75. The first-order chi connectivity index (χ1) is 9.24. The van der Waals surface area contributed by atoms with Crippen LogP contribution in [0.25, 0.3) is 0 Å². The summed E-state index contributed by atoms with van der Waals surface area (Å²) in [5, 5.41) is 7.53. The maximum absolute atomic E-state index is 11.6. The number of aryl methyl sites for hydroxylation is 1. The van der Waals surface area contributed by atoms with E-state index in [9.17, 15) is 4.79 Å². The number of aromatic nitrogens is 2. The van der Waals surface area contributed by atoms with Crippen molar-refractivity contribution in [3.63, 3.8) is 0 Å². The van der Waals surface area contributed by atoms with Gasteiger partial charge in [0.05, 0.1) is 24.4 Å². The lowest BCUT2D eigenvalue weighted by atomic mass is 10.3. The Labute approximate surface area is 117 Å². The fourth-order valence-corrected chi connectivity index (χ4v) is 2.10. The van der Waals surface area contributed by atoms with Crippen molar-refractivity contribution >= 4 is 17.5 Å². The van der Waals surface area contributed by atoms with Crippen molar-refractivity contribution in [3.8, 4) is 0 Å². The second kappa shape index (κ2) is 7.47. The highest BCUT2D eigenvalue weighted by molar-refractivity contribution is 6.30. The van der Waals surface area contributed by atoms with Crippen LogP contribution in [0.2, 0.25) is 5.02 Å². The van der Waals surface area contributed by atoms with Gasteiger partial charge in [-0.1, -0.05) is 11.6 Å². The van der Waals surface area contributed by atoms with Gasteiger partial charge in [-0.2, -0.15) is 5.10 Å². The number of nitrogens with one attached hydrogen (secondary N) is 1. The summed E-state index contributed by atoms with van der Waals surface area (Å²) in [6, 6.07) is 0. The van der Waals surface area contributed by atoms with Crippen LogP contribution >= 0.6 is 11.6 Å². The quantitative estimate of drug-likeness (QED) is 0.821. The molecule has 1 aromatic heterocycles. The van der Waals surface area contributed by atoms with E-state index in [2.05, 4.69) is 15.3 Å². The molecule has 19 heavy (non-hydrogen) atoms. The third-order valence-corrected chi connectivity index (χ3v) is 3.22. The summed E-state index contributed by atoms with van der Waals surface area (Å²) in [5.41, 5.74) is 0. The maximum Gasteiger partial charge on any atom is 0.221 e. The predicted octanol–water partition coefficient (Wildman–Crippen LogP) is 0.375. The number of carbonyl (C=O) groups excluding carboxylic acids is 1. The summed E-state index contributed by atoms with van der Waals surface area (Å²) in [7, 11) is 0. The van der Waals surface area contributed by atoms with E-state index in [1.165, 1.54) is 0 Å². The molecule has 6 nitrogen and oxygen atoms in total. The summed E-state index contributed by atoms with van der Waals surface area (Å²) in [5.74, 6) is 0.0416. The second-order valence-electron chi connectivity index (χ2n) is 4.48. The van der Waals surface area contributed by atoms with Crippen LogP contribution in [0.5, 0.6) is 0 Å². The zero-order valence-corrected chi connectivity index (χ0v) is 11.6. The molecule has 1 fully saturated rings. The Hall–Kier alpha value is -1.11. The molecule has 2 rings (SSSR count). The highest BCUT2D eigenvalue weighted by Gasteiger charge is 2.10. The topological polar surface area (TPSA) is 59.4 Å². The number of halogens is 1. The van der Waals surface area contributed by atoms with Gasteiger partial charge in [-0.05, 0) is 0 Å². The zero-order valence-electron chi connectivity index (χ0n) is 10.8. The molecule has 1 N–H and O–H groups in total. The third kappa shape index (κ3) is 5.18. The number of rotatable bonds is 6. The van der Waals surface area contributed by atoms with E-state index in [1.807, 2.05) is 0 Å². The molecule has 0 aliphatic carbocycles. The van der Waals surface area contributed by atoms with Gasteiger partial charge in [0, 0.05) is 45.3 Å². The van der Waals surface area contributed by atoms with Crippen LogP contribution in [-0.4, -0.2) is 60.0 Å². The molecular weight excluding hydrogens is 268 g/mol. The first-order valence-corrected chi connectivity index (χ1v) is 6.86. The average molecular weight is 287 g/mol. The first-order valence-electron chi connectivity index (χ1n) is 6.49. The largest absolute Gasteiger partial charge is 0.379 e. The maximum atomic E-state index is 11.6. The minimum Gasteiger partial charge on any atom is -0.379 e. The van der Waals surface area contributed by atoms with Crippen LogP contribution in [0, 0.1) is 0 Å². The second-order valence-corrected chi connectivity index (χ2v) is 4.91. The van der Waals surface area contributed by atoms with Crippen molar-refractivity contribution in [1.29, 1.82) is 0 Å². The Balaban J connectivity index is 1.56. The summed E-state index contributed by atoms with van der Waals surface area (Å²) in [6.45, 7) is 5.57. The predicted molar refractivity (Wildman–Crippen MR) is 72.1 cm³/mol. The van der Waals surface area contributed by atoms with Gasteiger partial charge in [0.25, 0.3) is 0 Å². The number of hydrogen-bond acceptors (Lipinski definition) is 4. The van der Waals surface area contributed by atoms with Gasteiger partial charge in [0.15, 0.2) is 0 Å². The normalized spacial score (nSPS) is 16.5. The molecule has 0 unspecified atom stereocenters. The highest BCUT2D eigenvalue weighted by atomic mass is 35.5. The highest BCUT2D eigenvalue weighted by Crippen LogP contribution is 2.04. The first kappa shape index (κ1) is 14.3. The van der Waals surface area contributed by atoms with E-state index in [4.69, 9.17) is 16.3 Å². The molecule has 2 heterocycles. The molecule has 1 saturated heterocycles. The van der Waals surface area contributed by atoms with E-state index in [0.29, 0.717) is 24.5 Å². The lowest BCUT2D eigenvalue weighted by Gasteiger charge is -2.26. The summed E-state index contributed by atoms with van der Waals surface area (Å²) in [4.78, 5) is 13.9. The van der Waals surface area contributed by atoms with Crippen molar-refractivity contribution in [2.75, 3.05) is 39.4 Å². The molecule has 1 aliphatic rings. The fraction of sp³-hybridized carbons (Fsp3) is 0.667. The SMILES string of the molecule is O=C(CCn1cc(Cl)cn1)NCCN1CCOCC1. The van der Waals surface area contributed by atoms with E-state index in [1.54, 1.807) is 17.1 Å². The van der Waals surface area contributed by atoms with E-state index >= 15 is 0 Å². The molecule has 7 heteroatoms. The van der Waals surface area contributed by atoms with Gasteiger partial charge < -0.3 is 10.1 Å². The molecule has 1 aliphatic heterocycles. The monoisotopic (exact) mass is 286 g/mol. The summed E-state index contributed by atoms with van der Waals surface area (Å²) in [6.07, 6.45) is 3.70. The average Bonchev–Trinajstić information content (AvgIpc) is 2.83. The molecular formula is C12H19ClN4O2. The van der Waals surface area contributed by atoms with Gasteiger partial charge in [-0.15, -0.1) is 0 Å². The van der Waals surface area contributed by atoms with Crippen molar-refractivity contribution in [1.82, 2.24) is 20.0 Å². The lowest BCUT2D eigenvalue weighted by Crippen LogP contribution is -2.41. The minimum absolute atomic E-state index is 0.0416. The molecule has 106 valence electrons. The number of ether oxygens (including phenoxy) is 1. The smallest absolute Gasteiger partial charge is 0.221 e. The third-order valence-electron chi connectivity index (χ3n) is 3.02. The van der Waals surface area contributed by atoms with Gasteiger partial charge in [0.2, 0.25) is 5.91 Å². The van der Waals surface area contributed by atoms with Gasteiger partial charge in [-0.25, -0.2) is 0 Å². The number of hydrogen-bond donors (Lipinski definition) is 1. The van der Waals surface area contributed by atoms with Crippen LogP contribution in [0.15, 0.2) is 12.4 Å². The van der Waals surface area contributed by atoms with Crippen molar-refractivity contribution in [2.24, 2.45) is 0 Å². The Kier molecular flexibility index (Phi) is 5.62. The Bertz CT molecular complexity index is 404. The van der Waals surface area contributed by atoms with Gasteiger partial charge >= 0.3 is 0 Å². The van der Waals surface area contributed by atoms with Crippen molar-refractivity contribution in [3.05, 3.63) is 17.4 Å². The van der Waals surface area contributed by atoms with Crippen LogP contribution in [-0.2, 0) is 16.1 Å². The van der Waals surface area contributed by atoms with Gasteiger partial charge in [-0.3, -0.25) is 14.4 Å². The van der Waals surface area contributed by atoms with E-state index < -0.39 is 0 Å². The van der Waals surface area contributed by atoms with E-state index in [-0.39, 0.29) is 5.91 Å². The molecule has 0 spiro atoms. The van der Waals surface area contributed by atoms with Crippen LogP contribution in [0.3, 0.4) is 0 Å². The Morgan fingerprint density at radius 3 is 2.89 bits per heavy atom. The van der Waals surface area contributed by atoms with Gasteiger partial charge in [0.1, 0.15) is 0 Å². The molecule has 0 radical (unpaired) electrons. The van der Waals surface area contributed by atoms with Crippen LogP contribution < -0.4 is 5.32 Å². The number of carbonyl (C=O) groups is 1. The Morgan fingerprint density at radius 1 is 1.42 bits per heavy atom. The minimum atomic E-state index is 0.0416. The fourth-order valence-electron chi connectivity index (χ4n) is 1.94. The lowest BCUT2D eigenvalue weighted by molar-refractivity contribution is -0.121. The standard InChI is InChI=1S/C12H19ClN4O2/c13-11-9-15-17(10-11)3-1-12(18)14-2-4-16-5-7-19-8-6-16/h9-10H,1-8H2,(H,14,18). The Morgan fingerprint density at radius 2 is 2.21 bits per heavy atom. The molecule has 1 aromatic rings. The van der Waals surface area contributed by atoms with Crippen molar-refractivity contribution in [2.45, 2.75) is 13.0 Å². The number of morpholine rings is 1. The van der Waals surface area contributed by atoms with Crippen molar-refractivity contribution < 1.29 is 9.53 Å². The zero-order chi connectivity index (χ0) is 13.5. The van der Waals surface area contributed by atoms with Crippen LogP contribution in [0.4, 0.5) is 0 Å².